The van der Waals surface area contributed by atoms with Gasteiger partial charge in [0.15, 0.2) is 0 Å². The van der Waals surface area contributed by atoms with Crippen molar-refractivity contribution in [2.24, 2.45) is 0 Å². The number of amides is 2. The maximum absolute atomic E-state index is 12.3. The number of benzene rings is 2. The van der Waals surface area contributed by atoms with Gasteiger partial charge in [0, 0.05) is 36.8 Å². The third-order valence-corrected chi connectivity index (χ3v) is 3.94. The number of hydrogen-bond acceptors (Lipinski definition) is 3. The maximum atomic E-state index is 12.3. The Labute approximate surface area is 152 Å². The second kappa shape index (κ2) is 8.82. The van der Waals surface area contributed by atoms with Crippen LogP contribution in [0, 0.1) is 0 Å². The van der Waals surface area contributed by atoms with Gasteiger partial charge in [-0.15, -0.1) is 0 Å². The van der Waals surface area contributed by atoms with E-state index in [0.29, 0.717) is 19.8 Å². The Morgan fingerprint density at radius 2 is 1.88 bits per heavy atom. The number of rotatable bonds is 7. The van der Waals surface area contributed by atoms with Gasteiger partial charge in [0.05, 0.1) is 18.6 Å². The smallest absolute Gasteiger partial charge is 0.319 e. The number of nitrogens with zero attached hydrogens (tertiary/aromatic N) is 2. The third-order valence-electron chi connectivity index (χ3n) is 3.94. The molecule has 3 rings (SSSR count). The average Bonchev–Trinajstić information content (AvgIpc) is 3.20. The lowest BCUT2D eigenvalue weighted by atomic mass is 10.1. The third kappa shape index (κ3) is 4.49. The molecule has 0 spiro atoms. The summed E-state index contributed by atoms with van der Waals surface area (Å²) < 4.78 is 7.37. The largest absolute Gasteiger partial charge is 0.377 e. The van der Waals surface area contributed by atoms with Crippen LogP contribution in [0.1, 0.15) is 18.1 Å². The minimum atomic E-state index is -0.255. The highest BCUT2D eigenvalue weighted by molar-refractivity contribution is 5.90. The van der Waals surface area contributed by atoms with Crippen LogP contribution in [0.15, 0.2) is 67.3 Å². The van der Waals surface area contributed by atoms with Crippen LogP contribution in [-0.2, 0) is 17.9 Å². The molecule has 6 heteroatoms. The molecule has 1 aromatic heterocycles. The van der Waals surface area contributed by atoms with E-state index in [4.69, 9.17) is 4.74 Å². The highest BCUT2D eigenvalue weighted by Gasteiger charge is 2.08. The van der Waals surface area contributed by atoms with Gasteiger partial charge >= 0.3 is 6.03 Å². The first kappa shape index (κ1) is 17.7. The SMILES string of the molecule is CCOCc1ccccc1NC(=O)NCc1ccccc1-n1ccnc1. The molecule has 0 saturated carbocycles. The molecule has 1 heterocycles. The molecule has 0 bridgehead atoms. The van der Waals surface area contributed by atoms with Crippen molar-refractivity contribution in [1.29, 1.82) is 0 Å². The number of carbonyl (C=O) groups is 1. The van der Waals surface area contributed by atoms with Crippen molar-refractivity contribution in [2.75, 3.05) is 11.9 Å². The van der Waals surface area contributed by atoms with E-state index in [2.05, 4.69) is 15.6 Å². The van der Waals surface area contributed by atoms with Crippen LogP contribution in [0.3, 0.4) is 0 Å². The second-order valence-electron chi connectivity index (χ2n) is 5.70. The van der Waals surface area contributed by atoms with E-state index in [9.17, 15) is 4.79 Å². The molecule has 2 aromatic carbocycles. The highest BCUT2D eigenvalue weighted by atomic mass is 16.5. The van der Waals surface area contributed by atoms with E-state index in [1.165, 1.54) is 0 Å². The molecule has 0 radical (unpaired) electrons. The van der Waals surface area contributed by atoms with Crippen LogP contribution in [0.2, 0.25) is 0 Å². The number of nitrogens with one attached hydrogen (secondary N) is 2. The number of urea groups is 1. The van der Waals surface area contributed by atoms with E-state index in [1.54, 1.807) is 12.5 Å². The van der Waals surface area contributed by atoms with Crippen LogP contribution in [0.25, 0.3) is 5.69 Å². The molecule has 0 saturated heterocycles. The average molecular weight is 350 g/mol. The number of para-hydroxylation sites is 2. The molecule has 0 atom stereocenters. The molecule has 26 heavy (non-hydrogen) atoms. The van der Waals surface area contributed by atoms with Gasteiger partial charge in [-0.3, -0.25) is 0 Å². The lowest BCUT2D eigenvalue weighted by Gasteiger charge is -2.14. The monoisotopic (exact) mass is 350 g/mol. The number of aromatic nitrogens is 2. The molecule has 3 aromatic rings. The van der Waals surface area contributed by atoms with Crippen LogP contribution >= 0.6 is 0 Å². The Morgan fingerprint density at radius 3 is 2.65 bits per heavy atom. The Bertz CT molecular complexity index is 847. The Kier molecular flexibility index (Phi) is 6.01. The van der Waals surface area contributed by atoms with Crippen LogP contribution in [-0.4, -0.2) is 22.2 Å². The topological polar surface area (TPSA) is 68.2 Å². The summed E-state index contributed by atoms with van der Waals surface area (Å²) in [6, 6.07) is 15.3. The van der Waals surface area contributed by atoms with E-state index in [1.807, 2.05) is 66.2 Å². The summed E-state index contributed by atoms with van der Waals surface area (Å²) in [5.74, 6) is 0. The van der Waals surface area contributed by atoms with Gasteiger partial charge in [0.1, 0.15) is 0 Å². The van der Waals surface area contributed by atoms with Crippen molar-refractivity contribution in [1.82, 2.24) is 14.9 Å². The molecule has 6 nitrogen and oxygen atoms in total. The van der Waals surface area contributed by atoms with Crippen molar-refractivity contribution in [3.63, 3.8) is 0 Å². The highest BCUT2D eigenvalue weighted by Crippen LogP contribution is 2.17. The van der Waals surface area contributed by atoms with Gasteiger partial charge in [0.2, 0.25) is 0 Å². The van der Waals surface area contributed by atoms with Gasteiger partial charge in [-0.05, 0) is 24.6 Å². The summed E-state index contributed by atoms with van der Waals surface area (Å²) in [4.78, 5) is 16.4. The number of hydrogen-bond donors (Lipinski definition) is 2. The quantitative estimate of drug-likeness (QED) is 0.682. The Balaban J connectivity index is 1.64. The van der Waals surface area contributed by atoms with E-state index in [-0.39, 0.29) is 6.03 Å². The fourth-order valence-electron chi connectivity index (χ4n) is 2.64. The Hall–Kier alpha value is -3.12. The number of imidazole rings is 1. The zero-order valence-corrected chi connectivity index (χ0v) is 14.7. The first-order valence-electron chi connectivity index (χ1n) is 8.54. The first-order valence-corrected chi connectivity index (χ1v) is 8.54. The minimum Gasteiger partial charge on any atom is -0.377 e. The Morgan fingerprint density at radius 1 is 1.12 bits per heavy atom. The predicted octanol–water partition coefficient (Wildman–Crippen LogP) is 3.73. The van der Waals surface area contributed by atoms with Gasteiger partial charge in [-0.2, -0.15) is 0 Å². The van der Waals surface area contributed by atoms with E-state index in [0.717, 1.165) is 22.5 Å². The molecule has 2 N–H and O–H groups in total. The van der Waals surface area contributed by atoms with E-state index >= 15 is 0 Å². The van der Waals surface area contributed by atoms with Crippen molar-refractivity contribution >= 4 is 11.7 Å². The second-order valence-corrected chi connectivity index (χ2v) is 5.70. The molecule has 0 unspecified atom stereocenters. The van der Waals surface area contributed by atoms with Crippen LogP contribution in [0.5, 0.6) is 0 Å². The maximum Gasteiger partial charge on any atom is 0.319 e. The zero-order chi connectivity index (χ0) is 18.2. The summed E-state index contributed by atoms with van der Waals surface area (Å²) in [5.41, 5.74) is 3.69. The predicted molar refractivity (Wildman–Crippen MR) is 101 cm³/mol. The molecule has 0 fully saturated rings. The van der Waals surface area contributed by atoms with Crippen molar-refractivity contribution in [3.05, 3.63) is 78.4 Å². The molecular weight excluding hydrogens is 328 g/mol. The first-order chi connectivity index (χ1) is 12.8. The summed E-state index contributed by atoms with van der Waals surface area (Å²) in [6.45, 7) is 3.45. The number of carbonyl (C=O) groups excluding carboxylic acids is 1. The molecule has 134 valence electrons. The van der Waals surface area contributed by atoms with Crippen molar-refractivity contribution in [3.8, 4) is 5.69 Å². The molecule has 2 amide bonds. The fraction of sp³-hybridized carbons (Fsp3) is 0.200. The number of ether oxygens (including phenoxy) is 1. The van der Waals surface area contributed by atoms with Gasteiger partial charge in [-0.25, -0.2) is 9.78 Å². The molecular formula is C20H22N4O2. The lowest BCUT2D eigenvalue weighted by molar-refractivity contribution is 0.134. The summed E-state index contributed by atoms with van der Waals surface area (Å²) in [5, 5.41) is 5.80. The van der Waals surface area contributed by atoms with Crippen molar-refractivity contribution < 1.29 is 9.53 Å². The van der Waals surface area contributed by atoms with Gasteiger partial charge in [0.25, 0.3) is 0 Å². The summed E-state index contributed by atoms with van der Waals surface area (Å²) in [7, 11) is 0. The molecule has 0 aliphatic rings. The summed E-state index contributed by atoms with van der Waals surface area (Å²) >= 11 is 0. The summed E-state index contributed by atoms with van der Waals surface area (Å²) in [6.07, 6.45) is 5.35. The molecule has 0 aliphatic heterocycles. The normalized spacial score (nSPS) is 10.5. The lowest BCUT2D eigenvalue weighted by Crippen LogP contribution is -2.29. The number of anilines is 1. The minimum absolute atomic E-state index is 0.255. The van der Waals surface area contributed by atoms with Crippen molar-refractivity contribution in [2.45, 2.75) is 20.1 Å². The van der Waals surface area contributed by atoms with Crippen LogP contribution in [0.4, 0.5) is 10.5 Å². The van der Waals surface area contributed by atoms with Gasteiger partial charge < -0.3 is 19.9 Å². The van der Waals surface area contributed by atoms with Crippen LogP contribution < -0.4 is 10.6 Å². The standard InChI is InChI=1S/C20H22N4O2/c1-2-26-14-17-8-3-5-9-18(17)23-20(25)22-13-16-7-4-6-10-19(16)24-12-11-21-15-24/h3-12,15H,2,13-14H2,1H3,(H2,22,23,25). The van der Waals surface area contributed by atoms with Gasteiger partial charge in [-0.1, -0.05) is 36.4 Å². The zero-order valence-electron chi connectivity index (χ0n) is 14.7. The fourth-order valence-corrected chi connectivity index (χ4v) is 2.64. The molecule has 0 aliphatic carbocycles. The van der Waals surface area contributed by atoms with E-state index < -0.39 is 0 Å².